The first-order valence-electron chi connectivity index (χ1n) is 19.9. The van der Waals surface area contributed by atoms with Crippen LogP contribution in [0.15, 0.2) is 72.9 Å². The number of phosphoric ester groups is 1. The van der Waals surface area contributed by atoms with E-state index in [9.17, 15) is 24.2 Å². The number of phosphoric acid groups is 1. The molecule has 0 radical (unpaired) electrons. The summed E-state index contributed by atoms with van der Waals surface area (Å²) < 4.78 is 32.6. The van der Waals surface area contributed by atoms with Crippen LogP contribution in [0.2, 0.25) is 0 Å². The van der Waals surface area contributed by atoms with Crippen molar-refractivity contribution in [2.45, 2.75) is 154 Å². The lowest BCUT2D eigenvalue weighted by Crippen LogP contribution is -2.29. The fourth-order valence-corrected chi connectivity index (χ4v) is 5.63. The molecule has 0 fully saturated rings. The van der Waals surface area contributed by atoms with Crippen molar-refractivity contribution in [1.29, 1.82) is 0 Å². The van der Waals surface area contributed by atoms with E-state index in [1.807, 2.05) is 0 Å². The Labute approximate surface area is 320 Å². The Hall–Kier alpha value is -2.59. The second-order valence-electron chi connectivity index (χ2n) is 12.9. The molecule has 3 atom stereocenters. The molecule has 11 heteroatoms. The molecule has 0 aromatic carbocycles. The van der Waals surface area contributed by atoms with Gasteiger partial charge in [-0.1, -0.05) is 125 Å². The second-order valence-corrected chi connectivity index (χ2v) is 14.3. The first kappa shape index (κ1) is 50.4. The number of rotatable bonds is 36. The Morgan fingerprint density at radius 1 is 0.566 bits per heavy atom. The van der Waals surface area contributed by atoms with E-state index in [0.29, 0.717) is 12.8 Å². The predicted molar refractivity (Wildman–Crippen MR) is 214 cm³/mol. The molecule has 3 N–H and O–H groups in total. The lowest BCUT2D eigenvalue weighted by atomic mass is 10.1. The van der Waals surface area contributed by atoms with Crippen LogP contribution >= 0.6 is 7.82 Å². The maximum Gasteiger partial charge on any atom is 0.472 e. The molecule has 0 amide bonds. The average molecular weight is 767 g/mol. The lowest BCUT2D eigenvalue weighted by Gasteiger charge is -2.20. The van der Waals surface area contributed by atoms with Gasteiger partial charge in [0.25, 0.3) is 0 Å². The highest BCUT2D eigenvalue weighted by atomic mass is 31.2. The number of allylic oxidation sites excluding steroid dienone is 12. The molecule has 0 spiro atoms. The predicted octanol–water partition coefficient (Wildman–Crippen LogP) is 10.1. The SMILES string of the molecule is CCC=CCC=CCC=CCCCCCCCC(=O)OC[C@H](COP(=O)(O)OC[C@@H](O)CO)OC(=O)CCCCCCCC=CCC=CCC=CCC. The number of aliphatic hydroxyl groups is 2. The number of carbonyl (C=O) groups excluding carboxylic acids is 2. The first-order valence-corrected chi connectivity index (χ1v) is 21.4. The highest BCUT2D eigenvalue weighted by Crippen LogP contribution is 2.43. The van der Waals surface area contributed by atoms with Crippen LogP contribution < -0.4 is 0 Å². The Bertz CT molecular complexity index is 1110. The monoisotopic (exact) mass is 766 g/mol. The van der Waals surface area contributed by atoms with Gasteiger partial charge in [0.05, 0.1) is 19.8 Å². The Morgan fingerprint density at radius 3 is 1.47 bits per heavy atom. The summed E-state index contributed by atoms with van der Waals surface area (Å²) in [5.74, 6) is -0.973. The zero-order valence-corrected chi connectivity index (χ0v) is 33.6. The molecule has 0 aliphatic rings. The molecule has 1 unspecified atom stereocenters. The molecule has 0 heterocycles. The molecule has 53 heavy (non-hydrogen) atoms. The zero-order valence-electron chi connectivity index (χ0n) is 32.7. The summed E-state index contributed by atoms with van der Waals surface area (Å²) in [6.45, 7) is 2.09. The number of ether oxygens (including phenoxy) is 2. The van der Waals surface area contributed by atoms with Gasteiger partial charge in [0.2, 0.25) is 0 Å². The largest absolute Gasteiger partial charge is 0.472 e. The van der Waals surface area contributed by atoms with Crippen molar-refractivity contribution in [1.82, 2.24) is 0 Å². The van der Waals surface area contributed by atoms with Crippen LogP contribution in [0, 0.1) is 0 Å². The van der Waals surface area contributed by atoms with E-state index in [-0.39, 0.29) is 19.4 Å². The average Bonchev–Trinajstić information content (AvgIpc) is 3.14. The van der Waals surface area contributed by atoms with Crippen LogP contribution in [-0.4, -0.2) is 65.7 Å². The number of carbonyl (C=O) groups is 2. The summed E-state index contributed by atoms with van der Waals surface area (Å²) in [7, 11) is -4.63. The minimum absolute atomic E-state index is 0.157. The summed E-state index contributed by atoms with van der Waals surface area (Å²) in [6, 6.07) is 0. The molecule has 304 valence electrons. The van der Waals surface area contributed by atoms with Gasteiger partial charge in [-0.15, -0.1) is 0 Å². The van der Waals surface area contributed by atoms with Gasteiger partial charge < -0.3 is 24.6 Å². The molecule has 0 rings (SSSR count). The first-order chi connectivity index (χ1) is 25.7. The van der Waals surface area contributed by atoms with Crippen molar-refractivity contribution >= 4 is 19.8 Å². The Morgan fingerprint density at radius 2 is 0.981 bits per heavy atom. The second kappa shape index (κ2) is 37.7. The summed E-state index contributed by atoms with van der Waals surface area (Å²) >= 11 is 0. The summed E-state index contributed by atoms with van der Waals surface area (Å²) in [4.78, 5) is 34.9. The van der Waals surface area contributed by atoms with Gasteiger partial charge in [-0.25, -0.2) is 4.57 Å². The van der Waals surface area contributed by atoms with Gasteiger partial charge in [0, 0.05) is 12.8 Å². The van der Waals surface area contributed by atoms with E-state index in [0.717, 1.165) is 103 Å². The summed E-state index contributed by atoms with van der Waals surface area (Å²) in [5, 5.41) is 18.3. The van der Waals surface area contributed by atoms with E-state index in [1.54, 1.807) is 0 Å². The van der Waals surface area contributed by atoms with Gasteiger partial charge in [-0.05, 0) is 77.0 Å². The molecule has 0 aliphatic heterocycles. The molecule has 0 bridgehead atoms. The summed E-state index contributed by atoms with van der Waals surface area (Å²) in [5.41, 5.74) is 0. The number of aliphatic hydroxyl groups excluding tert-OH is 2. The molecular formula is C42H71O10P. The van der Waals surface area contributed by atoms with Crippen molar-refractivity contribution in [3.63, 3.8) is 0 Å². The summed E-state index contributed by atoms with van der Waals surface area (Å²) in [6.07, 6.45) is 41.5. The molecule has 0 aromatic heterocycles. The number of hydrogen-bond acceptors (Lipinski definition) is 9. The molecular weight excluding hydrogens is 695 g/mol. The van der Waals surface area contributed by atoms with Crippen molar-refractivity contribution in [3.05, 3.63) is 72.9 Å². The minimum Gasteiger partial charge on any atom is -0.462 e. The normalized spacial score (nSPS) is 14.7. The van der Waals surface area contributed by atoms with E-state index in [2.05, 4.69) is 91.3 Å². The van der Waals surface area contributed by atoms with Crippen LogP contribution in [0.4, 0.5) is 0 Å². The van der Waals surface area contributed by atoms with Crippen molar-refractivity contribution in [2.75, 3.05) is 26.4 Å². The van der Waals surface area contributed by atoms with Crippen LogP contribution in [0.1, 0.15) is 142 Å². The van der Waals surface area contributed by atoms with Crippen LogP contribution in [-0.2, 0) is 32.7 Å². The van der Waals surface area contributed by atoms with E-state index >= 15 is 0 Å². The van der Waals surface area contributed by atoms with Gasteiger partial charge in [-0.3, -0.25) is 18.6 Å². The topological polar surface area (TPSA) is 149 Å². The van der Waals surface area contributed by atoms with Crippen molar-refractivity contribution in [3.8, 4) is 0 Å². The highest BCUT2D eigenvalue weighted by Gasteiger charge is 2.27. The fraction of sp³-hybridized carbons (Fsp3) is 0.667. The molecule has 0 saturated heterocycles. The third kappa shape index (κ3) is 37.5. The Kier molecular flexibility index (Phi) is 35.9. The smallest absolute Gasteiger partial charge is 0.462 e. The maximum atomic E-state index is 12.6. The van der Waals surface area contributed by atoms with E-state index in [1.165, 1.54) is 0 Å². The van der Waals surface area contributed by atoms with Gasteiger partial charge in [0.1, 0.15) is 12.7 Å². The van der Waals surface area contributed by atoms with Crippen molar-refractivity contribution < 1.29 is 47.8 Å². The fourth-order valence-electron chi connectivity index (χ4n) is 4.84. The van der Waals surface area contributed by atoms with Gasteiger partial charge in [-0.2, -0.15) is 0 Å². The lowest BCUT2D eigenvalue weighted by molar-refractivity contribution is -0.161. The van der Waals surface area contributed by atoms with E-state index < -0.39 is 51.8 Å². The van der Waals surface area contributed by atoms with Crippen LogP contribution in [0.5, 0.6) is 0 Å². The number of esters is 2. The molecule has 0 aromatic rings. The van der Waals surface area contributed by atoms with Crippen molar-refractivity contribution in [2.24, 2.45) is 0 Å². The van der Waals surface area contributed by atoms with Crippen LogP contribution in [0.25, 0.3) is 0 Å². The molecule has 0 aliphatic carbocycles. The highest BCUT2D eigenvalue weighted by molar-refractivity contribution is 7.47. The van der Waals surface area contributed by atoms with Gasteiger partial charge in [0.15, 0.2) is 6.10 Å². The van der Waals surface area contributed by atoms with Crippen LogP contribution in [0.3, 0.4) is 0 Å². The molecule has 0 saturated carbocycles. The third-order valence-corrected chi connectivity index (χ3v) is 8.81. The zero-order chi connectivity index (χ0) is 39.1. The third-order valence-electron chi connectivity index (χ3n) is 7.86. The molecule has 10 nitrogen and oxygen atoms in total. The minimum atomic E-state index is -4.63. The standard InChI is InChI=1S/C42H71O10P/c1-3-5-7-9-11-13-15-17-19-21-23-25-27-29-31-33-41(45)49-37-40(38-51-53(47,48)50-36-39(44)35-43)52-42(46)34-32-30-28-26-24-22-20-18-16-14-12-10-8-6-4-2/h5-8,11-14,17-20,39-40,43-44H,3-4,9-10,15-16,21-38H2,1-2H3,(H,47,48)/t39-,40+/m0/s1. The van der Waals surface area contributed by atoms with Gasteiger partial charge >= 0.3 is 19.8 Å². The maximum absolute atomic E-state index is 12.6. The Balaban J connectivity index is 4.42. The quantitative estimate of drug-likeness (QED) is 0.0243. The number of hydrogen-bond donors (Lipinski definition) is 3. The number of unbranched alkanes of at least 4 members (excludes halogenated alkanes) is 10. The van der Waals surface area contributed by atoms with E-state index in [4.69, 9.17) is 19.1 Å².